The number of hydrogen-bond acceptors (Lipinski definition) is 3. The molecule has 0 aliphatic heterocycles. The summed E-state index contributed by atoms with van der Waals surface area (Å²) in [4.78, 5) is 11.9. The maximum absolute atomic E-state index is 11.9. The molecule has 0 spiro atoms. The molecule has 0 atom stereocenters. The largest absolute Gasteiger partial charge is 0.482 e. The van der Waals surface area contributed by atoms with Gasteiger partial charge in [-0.2, -0.15) is 5.10 Å². The lowest BCUT2D eigenvalue weighted by atomic mass is 10.1. The van der Waals surface area contributed by atoms with Crippen LogP contribution in [0.15, 0.2) is 56.5 Å². The Hall–Kier alpha value is -1.66. The summed E-state index contributed by atoms with van der Waals surface area (Å²) >= 11 is 6.83. The summed E-state index contributed by atoms with van der Waals surface area (Å²) in [5, 5.41) is 4.08. The molecule has 2 rings (SSSR count). The first-order valence-corrected chi connectivity index (χ1v) is 8.53. The van der Waals surface area contributed by atoms with Gasteiger partial charge in [0, 0.05) is 4.47 Å². The van der Waals surface area contributed by atoms with E-state index in [9.17, 15) is 4.79 Å². The molecule has 0 heterocycles. The summed E-state index contributed by atoms with van der Waals surface area (Å²) in [6.07, 6.45) is 0. The molecule has 23 heavy (non-hydrogen) atoms. The van der Waals surface area contributed by atoms with Gasteiger partial charge in [0.1, 0.15) is 5.75 Å². The van der Waals surface area contributed by atoms with Gasteiger partial charge in [0.25, 0.3) is 5.91 Å². The molecule has 1 amide bonds. The summed E-state index contributed by atoms with van der Waals surface area (Å²) in [7, 11) is 0. The fourth-order valence-corrected chi connectivity index (χ4v) is 3.49. The van der Waals surface area contributed by atoms with E-state index in [2.05, 4.69) is 42.4 Å². The Morgan fingerprint density at radius 3 is 2.57 bits per heavy atom. The van der Waals surface area contributed by atoms with Crippen LogP contribution < -0.4 is 10.2 Å². The van der Waals surface area contributed by atoms with Crippen LogP contribution in [0.3, 0.4) is 0 Å². The lowest BCUT2D eigenvalue weighted by Crippen LogP contribution is -2.25. The lowest BCUT2D eigenvalue weighted by Gasteiger charge is -2.11. The second-order valence-electron chi connectivity index (χ2n) is 4.92. The molecule has 0 aromatic heterocycles. The van der Waals surface area contributed by atoms with Gasteiger partial charge in [-0.1, -0.05) is 46.3 Å². The Bertz CT molecular complexity index is 708. The fourth-order valence-electron chi connectivity index (χ4n) is 1.93. The number of hydrogen-bond donors (Lipinski definition) is 1. The lowest BCUT2D eigenvalue weighted by molar-refractivity contribution is -0.123. The average Bonchev–Trinajstić information content (AvgIpc) is 2.52. The molecule has 6 heteroatoms. The van der Waals surface area contributed by atoms with Gasteiger partial charge < -0.3 is 4.74 Å². The molecule has 0 fully saturated rings. The van der Waals surface area contributed by atoms with Crippen molar-refractivity contribution >= 4 is 43.5 Å². The summed E-state index contributed by atoms with van der Waals surface area (Å²) < 4.78 is 7.31. The third-order valence-electron chi connectivity index (χ3n) is 3.08. The Morgan fingerprint density at radius 2 is 1.91 bits per heavy atom. The molecule has 0 saturated heterocycles. The minimum atomic E-state index is -0.311. The molecule has 2 aromatic carbocycles. The van der Waals surface area contributed by atoms with Crippen LogP contribution in [0, 0.1) is 6.92 Å². The molecule has 4 nitrogen and oxygen atoms in total. The smallest absolute Gasteiger partial charge is 0.277 e. The molecule has 0 aliphatic rings. The van der Waals surface area contributed by atoms with E-state index < -0.39 is 0 Å². The Kier molecular flexibility index (Phi) is 6.36. The Labute approximate surface area is 152 Å². The van der Waals surface area contributed by atoms with Crippen molar-refractivity contribution in [2.75, 3.05) is 6.61 Å². The van der Waals surface area contributed by atoms with Crippen molar-refractivity contribution in [2.45, 2.75) is 13.8 Å². The molecule has 1 N–H and O–H groups in total. The molecule has 0 unspecified atom stereocenters. The topological polar surface area (TPSA) is 50.7 Å². The zero-order valence-electron chi connectivity index (χ0n) is 12.8. The predicted octanol–water partition coefficient (Wildman–Crippen LogP) is 4.44. The predicted molar refractivity (Wildman–Crippen MR) is 98.9 cm³/mol. The Balaban J connectivity index is 1.94. The second kappa shape index (κ2) is 8.26. The highest BCUT2D eigenvalue weighted by Gasteiger charge is 2.09. The molecule has 120 valence electrons. The first kappa shape index (κ1) is 17.7. The maximum Gasteiger partial charge on any atom is 0.277 e. The molecule has 0 saturated carbocycles. The highest BCUT2D eigenvalue weighted by molar-refractivity contribution is 9.11. The zero-order chi connectivity index (χ0) is 16.8. The standard InChI is InChI=1S/C17H16Br2N2O2/c1-11-8-14(18)9-15(19)17(11)23-10-16(22)21-20-12(2)13-6-4-3-5-7-13/h3-9H,10H2,1-2H3,(H,21,22). The van der Waals surface area contributed by atoms with Crippen LogP contribution in [0.4, 0.5) is 0 Å². The van der Waals surface area contributed by atoms with E-state index in [0.717, 1.165) is 25.8 Å². The van der Waals surface area contributed by atoms with Gasteiger partial charge in [-0.05, 0) is 53.0 Å². The van der Waals surface area contributed by atoms with E-state index in [1.807, 2.05) is 56.3 Å². The number of hydrazone groups is 1. The van der Waals surface area contributed by atoms with E-state index in [1.165, 1.54) is 0 Å². The average molecular weight is 440 g/mol. The summed E-state index contributed by atoms with van der Waals surface area (Å²) in [5.74, 6) is 0.335. The third-order valence-corrected chi connectivity index (χ3v) is 4.13. The first-order valence-electron chi connectivity index (χ1n) is 6.94. The highest BCUT2D eigenvalue weighted by atomic mass is 79.9. The molecular formula is C17H16Br2N2O2. The van der Waals surface area contributed by atoms with Gasteiger partial charge in [0.15, 0.2) is 6.61 Å². The van der Waals surface area contributed by atoms with Gasteiger partial charge in [0.05, 0.1) is 10.2 Å². The number of rotatable bonds is 5. The van der Waals surface area contributed by atoms with Crippen molar-refractivity contribution in [1.82, 2.24) is 5.43 Å². The van der Waals surface area contributed by atoms with E-state index >= 15 is 0 Å². The van der Waals surface area contributed by atoms with Crippen molar-refractivity contribution in [3.05, 3.63) is 62.5 Å². The molecule has 0 radical (unpaired) electrons. The second-order valence-corrected chi connectivity index (χ2v) is 6.69. The molecule has 0 bridgehead atoms. The number of carbonyl (C=O) groups excluding carboxylic acids is 1. The number of halogens is 2. The Morgan fingerprint density at radius 1 is 1.22 bits per heavy atom. The van der Waals surface area contributed by atoms with Gasteiger partial charge in [0.2, 0.25) is 0 Å². The zero-order valence-corrected chi connectivity index (χ0v) is 15.9. The fraction of sp³-hybridized carbons (Fsp3) is 0.176. The number of amides is 1. The van der Waals surface area contributed by atoms with Crippen molar-refractivity contribution in [3.63, 3.8) is 0 Å². The van der Waals surface area contributed by atoms with Crippen LogP contribution >= 0.6 is 31.9 Å². The van der Waals surface area contributed by atoms with E-state index in [1.54, 1.807) is 0 Å². The summed E-state index contributed by atoms with van der Waals surface area (Å²) in [6, 6.07) is 13.4. The van der Waals surface area contributed by atoms with Crippen LogP contribution in [0.2, 0.25) is 0 Å². The number of benzene rings is 2. The van der Waals surface area contributed by atoms with Gasteiger partial charge in [-0.3, -0.25) is 4.79 Å². The van der Waals surface area contributed by atoms with Gasteiger partial charge >= 0.3 is 0 Å². The molecular weight excluding hydrogens is 424 g/mol. The SMILES string of the molecule is CC(=NNC(=O)COc1c(C)cc(Br)cc1Br)c1ccccc1. The van der Waals surface area contributed by atoms with E-state index in [-0.39, 0.29) is 12.5 Å². The number of nitrogens with one attached hydrogen (secondary N) is 1. The highest BCUT2D eigenvalue weighted by Crippen LogP contribution is 2.32. The number of ether oxygens (including phenoxy) is 1. The van der Waals surface area contributed by atoms with Crippen molar-refractivity contribution in [3.8, 4) is 5.75 Å². The normalized spacial score (nSPS) is 11.2. The maximum atomic E-state index is 11.9. The van der Waals surface area contributed by atoms with Gasteiger partial charge in [-0.25, -0.2) is 5.43 Å². The van der Waals surface area contributed by atoms with Crippen LogP contribution in [0.1, 0.15) is 18.1 Å². The van der Waals surface area contributed by atoms with Crippen LogP contribution in [0.5, 0.6) is 5.75 Å². The number of nitrogens with zero attached hydrogens (tertiary/aromatic N) is 1. The van der Waals surface area contributed by atoms with E-state index in [0.29, 0.717) is 5.75 Å². The van der Waals surface area contributed by atoms with Crippen LogP contribution in [-0.4, -0.2) is 18.2 Å². The third kappa shape index (κ3) is 5.18. The summed E-state index contributed by atoms with van der Waals surface area (Å²) in [5.41, 5.74) is 5.13. The summed E-state index contributed by atoms with van der Waals surface area (Å²) in [6.45, 7) is 3.65. The van der Waals surface area contributed by atoms with Crippen molar-refractivity contribution in [2.24, 2.45) is 5.10 Å². The number of aryl methyl sites for hydroxylation is 1. The first-order chi connectivity index (χ1) is 11.0. The van der Waals surface area contributed by atoms with Crippen LogP contribution in [-0.2, 0) is 4.79 Å². The molecule has 0 aliphatic carbocycles. The minimum Gasteiger partial charge on any atom is -0.482 e. The minimum absolute atomic E-state index is 0.105. The van der Waals surface area contributed by atoms with Crippen LogP contribution in [0.25, 0.3) is 0 Å². The quantitative estimate of drug-likeness (QED) is 0.553. The monoisotopic (exact) mass is 438 g/mol. The molecule has 2 aromatic rings. The van der Waals surface area contributed by atoms with Gasteiger partial charge in [-0.15, -0.1) is 0 Å². The van der Waals surface area contributed by atoms with Crippen molar-refractivity contribution < 1.29 is 9.53 Å². The number of carbonyl (C=O) groups is 1. The van der Waals surface area contributed by atoms with E-state index in [4.69, 9.17) is 4.74 Å². The van der Waals surface area contributed by atoms with Crippen molar-refractivity contribution in [1.29, 1.82) is 0 Å².